The van der Waals surface area contributed by atoms with E-state index in [9.17, 15) is 0 Å². The van der Waals surface area contributed by atoms with E-state index in [1.54, 1.807) is 0 Å². The second-order valence-corrected chi connectivity index (χ2v) is 5.74. The van der Waals surface area contributed by atoms with E-state index in [0.717, 1.165) is 11.6 Å². The summed E-state index contributed by atoms with van der Waals surface area (Å²) in [6.45, 7) is 2.35. The lowest BCUT2D eigenvalue weighted by Gasteiger charge is -2.30. The molecule has 1 aromatic carbocycles. The zero-order valence-electron chi connectivity index (χ0n) is 9.51. The minimum Gasteiger partial charge on any atom is -0.316 e. The van der Waals surface area contributed by atoms with Crippen LogP contribution in [0.1, 0.15) is 37.2 Å². The Morgan fingerprint density at radius 2 is 1.81 bits per heavy atom. The van der Waals surface area contributed by atoms with Crippen molar-refractivity contribution in [1.82, 2.24) is 5.32 Å². The largest absolute Gasteiger partial charge is 0.316 e. The van der Waals surface area contributed by atoms with Gasteiger partial charge in [-0.05, 0) is 36.0 Å². The van der Waals surface area contributed by atoms with Gasteiger partial charge in [0, 0.05) is 24.0 Å². The van der Waals surface area contributed by atoms with E-state index in [1.165, 1.54) is 37.8 Å². The van der Waals surface area contributed by atoms with Gasteiger partial charge in [0.15, 0.2) is 0 Å². The van der Waals surface area contributed by atoms with Crippen LogP contribution in [-0.4, -0.2) is 13.1 Å². The highest BCUT2D eigenvalue weighted by Crippen LogP contribution is 2.50. The van der Waals surface area contributed by atoms with Gasteiger partial charge >= 0.3 is 0 Å². The van der Waals surface area contributed by atoms with Gasteiger partial charge in [0.05, 0.1) is 0 Å². The van der Waals surface area contributed by atoms with Crippen molar-refractivity contribution in [2.45, 2.75) is 31.6 Å². The fourth-order valence-corrected chi connectivity index (χ4v) is 3.70. The highest BCUT2D eigenvalue weighted by atomic mass is 35.5. The summed E-state index contributed by atoms with van der Waals surface area (Å²) in [5, 5.41) is 4.43. The van der Waals surface area contributed by atoms with Crippen LogP contribution in [0.2, 0.25) is 5.02 Å². The number of hydrogen-bond donors (Lipinski definition) is 1. The number of halogens is 1. The first-order chi connectivity index (χ1) is 7.80. The molecular weight excluding hydrogens is 218 g/mol. The fourth-order valence-electron chi connectivity index (χ4n) is 3.58. The van der Waals surface area contributed by atoms with E-state index in [-0.39, 0.29) is 0 Å². The van der Waals surface area contributed by atoms with Gasteiger partial charge < -0.3 is 5.32 Å². The van der Waals surface area contributed by atoms with Crippen LogP contribution in [0.5, 0.6) is 0 Å². The van der Waals surface area contributed by atoms with Crippen LogP contribution in [0.15, 0.2) is 24.3 Å². The highest BCUT2D eigenvalue weighted by molar-refractivity contribution is 6.30. The van der Waals surface area contributed by atoms with Gasteiger partial charge in [-0.15, -0.1) is 0 Å². The number of rotatable bonds is 1. The first-order valence-corrected chi connectivity index (χ1v) is 6.64. The second kappa shape index (κ2) is 4.05. The Balaban J connectivity index is 1.91. The Hall–Kier alpha value is -0.530. The molecule has 1 spiro atoms. The molecule has 1 heterocycles. The molecule has 2 heteroatoms. The number of hydrogen-bond acceptors (Lipinski definition) is 1. The van der Waals surface area contributed by atoms with E-state index >= 15 is 0 Å². The van der Waals surface area contributed by atoms with Crippen LogP contribution in [-0.2, 0) is 0 Å². The van der Waals surface area contributed by atoms with Crippen LogP contribution in [0.3, 0.4) is 0 Å². The topological polar surface area (TPSA) is 12.0 Å². The molecule has 0 aromatic heterocycles. The van der Waals surface area contributed by atoms with Crippen molar-refractivity contribution in [3.8, 4) is 0 Å². The zero-order chi connectivity index (χ0) is 11.0. The van der Waals surface area contributed by atoms with Gasteiger partial charge in [-0.2, -0.15) is 0 Å². The molecule has 1 nitrogen and oxygen atoms in total. The molecular formula is C14H18ClN. The zero-order valence-corrected chi connectivity index (χ0v) is 10.3. The summed E-state index contributed by atoms with van der Waals surface area (Å²) in [5.41, 5.74) is 2.02. The van der Waals surface area contributed by atoms with Gasteiger partial charge in [0.25, 0.3) is 0 Å². The molecule has 1 saturated heterocycles. The third-order valence-corrected chi connectivity index (χ3v) is 4.69. The van der Waals surface area contributed by atoms with Gasteiger partial charge in [-0.25, -0.2) is 0 Å². The van der Waals surface area contributed by atoms with Crippen LogP contribution in [0.25, 0.3) is 0 Å². The van der Waals surface area contributed by atoms with E-state index < -0.39 is 0 Å². The average Bonchev–Trinajstić information content (AvgIpc) is 2.91. The van der Waals surface area contributed by atoms with Crippen LogP contribution in [0, 0.1) is 5.41 Å². The van der Waals surface area contributed by atoms with Gasteiger partial charge in [0.1, 0.15) is 0 Å². The Labute approximate surface area is 102 Å². The molecule has 1 aromatic rings. The van der Waals surface area contributed by atoms with Gasteiger partial charge in [-0.3, -0.25) is 0 Å². The average molecular weight is 236 g/mol. The Morgan fingerprint density at radius 1 is 1.12 bits per heavy atom. The summed E-state index contributed by atoms with van der Waals surface area (Å²) in [6.07, 6.45) is 5.61. The van der Waals surface area contributed by atoms with E-state index in [2.05, 4.69) is 17.4 Å². The number of benzene rings is 1. The standard InChI is InChI=1S/C14H18ClN/c15-12-5-3-11(4-6-12)13-9-16-10-14(13)7-1-2-8-14/h3-6,13,16H,1-2,7-10H2. The third kappa shape index (κ3) is 1.66. The van der Waals surface area contributed by atoms with Crippen molar-refractivity contribution >= 4 is 11.6 Å². The van der Waals surface area contributed by atoms with Crippen LogP contribution in [0.4, 0.5) is 0 Å². The molecule has 1 atom stereocenters. The number of nitrogens with one attached hydrogen (secondary N) is 1. The molecule has 1 aliphatic carbocycles. The van der Waals surface area contributed by atoms with E-state index in [1.807, 2.05) is 12.1 Å². The molecule has 1 saturated carbocycles. The lowest BCUT2D eigenvalue weighted by Crippen LogP contribution is -2.25. The first-order valence-electron chi connectivity index (χ1n) is 6.26. The lowest BCUT2D eigenvalue weighted by atomic mass is 9.73. The SMILES string of the molecule is Clc1ccc(C2CNCC23CCCC3)cc1. The van der Waals surface area contributed by atoms with Crippen molar-refractivity contribution in [3.63, 3.8) is 0 Å². The quantitative estimate of drug-likeness (QED) is 0.785. The van der Waals surface area contributed by atoms with Crippen LogP contribution < -0.4 is 5.32 Å². The molecule has 1 N–H and O–H groups in total. The van der Waals surface area contributed by atoms with Crippen LogP contribution >= 0.6 is 11.6 Å². The normalized spacial score (nSPS) is 27.7. The molecule has 86 valence electrons. The predicted molar refractivity (Wildman–Crippen MR) is 68.0 cm³/mol. The molecule has 16 heavy (non-hydrogen) atoms. The maximum Gasteiger partial charge on any atom is 0.0406 e. The van der Waals surface area contributed by atoms with Crippen molar-refractivity contribution in [3.05, 3.63) is 34.9 Å². The summed E-state index contributed by atoms with van der Waals surface area (Å²) in [4.78, 5) is 0. The summed E-state index contributed by atoms with van der Waals surface area (Å²) in [5.74, 6) is 0.701. The minimum atomic E-state index is 0.549. The summed E-state index contributed by atoms with van der Waals surface area (Å²) >= 11 is 5.95. The molecule has 0 amide bonds. The third-order valence-electron chi connectivity index (χ3n) is 4.44. The first kappa shape index (κ1) is 10.6. The monoisotopic (exact) mass is 235 g/mol. The minimum absolute atomic E-state index is 0.549. The molecule has 1 unspecified atom stereocenters. The summed E-state index contributed by atoms with van der Waals surface area (Å²) < 4.78 is 0. The smallest absolute Gasteiger partial charge is 0.0406 e. The second-order valence-electron chi connectivity index (χ2n) is 5.30. The van der Waals surface area contributed by atoms with Crippen molar-refractivity contribution < 1.29 is 0 Å². The molecule has 2 fully saturated rings. The Bertz CT molecular complexity index is 359. The Kier molecular flexibility index (Phi) is 2.68. The molecule has 2 aliphatic rings. The van der Waals surface area contributed by atoms with Gasteiger partial charge in [0.2, 0.25) is 0 Å². The molecule has 3 rings (SSSR count). The van der Waals surface area contributed by atoms with Crippen molar-refractivity contribution in [1.29, 1.82) is 0 Å². The van der Waals surface area contributed by atoms with Gasteiger partial charge in [-0.1, -0.05) is 36.6 Å². The van der Waals surface area contributed by atoms with Crippen molar-refractivity contribution in [2.75, 3.05) is 13.1 Å². The predicted octanol–water partition coefficient (Wildman–Crippen LogP) is 3.59. The maximum absolute atomic E-state index is 5.95. The Morgan fingerprint density at radius 3 is 2.50 bits per heavy atom. The highest BCUT2D eigenvalue weighted by Gasteiger charge is 2.44. The molecule has 0 bridgehead atoms. The lowest BCUT2D eigenvalue weighted by molar-refractivity contribution is 0.295. The van der Waals surface area contributed by atoms with E-state index in [0.29, 0.717) is 11.3 Å². The molecule has 0 radical (unpaired) electrons. The van der Waals surface area contributed by atoms with Crippen molar-refractivity contribution in [2.24, 2.45) is 5.41 Å². The maximum atomic E-state index is 5.95. The summed E-state index contributed by atoms with van der Waals surface area (Å²) in [7, 11) is 0. The fraction of sp³-hybridized carbons (Fsp3) is 0.571. The van der Waals surface area contributed by atoms with E-state index in [4.69, 9.17) is 11.6 Å². The molecule has 1 aliphatic heterocycles. The summed E-state index contributed by atoms with van der Waals surface area (Å²) in [6, 6.07) is 8.47.